The van der Waals surface area contributed by atoms with Crippen molar-refractivity contribution < 1.29 is 23.4 Å². The number of halogens is 3. The lowest BCUT2D eigenvalue weighted by molar-refractivity contribution is -0.141. The predicted octanol–water partition coefficient (Wildman–Crippen LogP) is 2.36. The number of aliphatic carboxylic acids is 1. The molecule has 1 aromatic carbocycles. The molecule has 2 unspecified atom stereocenters. The summed E-state index contributed by atoms with van der Waals surface area (Å²) in [6.07, 6.45) is 0.271. The fraction of sp³-hybridized carbons (Fsp3) is 0.417. The maximum absolute atomic E-state index is 13.7. The van der Waals surface area contributed by atoms with Gasteiger partial charge in [0.15, 0.2) is 11.6 Å². The molecule has 0 saturated carbocycles. The standard InChI is InChI=1S/C12H12ClF2NO3/c1-19-11-6(3-7(13)9(14)10(11)15)8-2-5(4-16-8)12(17)18/h3,5,8,16H,2,4H2,1H3,(H,17,18). The first-order valence-corrected chi connectivity index (χ1v) is 6.01. The Morgan fingerprint density at radius 2 is 2.21 bits per heavy atom. The van der Waals surface area contributed by atoms with Gasteiger partial charge in [0, 0.05) is 18.2 Å². The van der Waals surface area contributed by atoms with Crippen LogP contribution in [-0.4, -0.2) is 24.7 Å². The molecule has 0 radical (unpaired) electrons. The molecule has 2 atom stereocenters. The van der Waals surface area contributed by atoms with E-state index in [4.69, 9.17) is 21.4 Å². The molecule has 1 fully saturated rings. The Morgan fingerprint density at radius 3 is 2.74 bits per heavy atom. The predicted molar refractivity (Wildman–Crippen MR) is 64.4 cm³/mol. The highest BCUT2D eigenvalue weighted by Crippen LogP contribution is 2.38. The van der Waals surface area contributed by atoms with Crippen molar-refractivity contribution in [2.45, 2.75) is 12.5 Å². The Kier molecular flexibility index (Phi) is 3.91. The number of hydrogen-bond donors (Lipinski definition) is 2. The summed E-state index contributed by atoms with van der Waals surface area (Å²) >= 11 is 5.61. The summed E-state index contributed by atoms with van der Waals surface area (Å²) in [5.41, 5.74) is 0.329. The van der Waals surface area contributed by atoms with Gasteiger partial charge >= 0.3 is 5.97 Å². The van der Waals surface area contributed by atoms with E-state index in [1.807, 2.05) is 0 Å². The van der Waals surface area contributed by atoms with Crippen molar-refractivity contribution >= 4 is 17.6 Å². The van der Waals surface area contributed by atoms with E-state index in [0.717, 1.165) is 0 Å². The molecular formula is C12H12ClF2NO3. The summed E-state index contributed by atoms with van der Waals surface area (Å²) in [4.78, 5) is 10.9. The smallest absolute Gasteiger partial charge is 0.307 e. The van der Waals surface area contributed by atoms with Gasteiger partial charge in [0.1, 0.15) is 0 Å². The number of benzene rings is 1. The van der Waals surface area contributed by atoms with Gasteiger partial charge in [-0.15, -0.1) is 0 Å². The molecule has 104 valence electrons. The zero-order valence-electron chi connectivity index (χ0n) is 10.0. The average Bonchev–Trinajstić information content (AvgIpc) is 2.85. The van der Waals surface area contributed by atoms with Crippen molar-refractivity contribution in [2.75, 3.05) is 13.7 Å². The van der Waals surface area contributed by atoms with Gasteiger partial charge in [-0.3, -0.25) is 4.79 Å². The molecule has 0 amide bonds. The molecule has 0 aliphatic carbocycles. The lowest BCUT2D eigenvalue weighted by Gasteiger charge is -2.16. The molecule has 1 aromatic rings. The van der Waals surface area contributed by atoms with E-state index in [1.165, 1.54) is 13.2 Å². The monoisotopic (exact) mass is 291 g/mol. The highest BCUT2D eigenvalue weighted by Gasteiger charge is 2.33. The minimum absolute atomic E-state index is 0.245. The summed E-state index contributed by atoms with van der Waals surface area (Å²) in [7, 11) is 1.22. The molecule has 0 aromatic heterocycles. The maximum Gasteiger partial charge on any atom is 0.307 e. The molecule has 0 bridgehead atoms. The lowest BCUT2D eigenvalue weighted by Crippen LogP contribution is -2.17. The highest BCUT2D eigenvalue weighted by atomic mass is 35.5. The number of methoxy groups -OCH3 is 1. The van der Waals surface area contributed by atoms with Crippen LogP contribution in [0.15, 0.2) is 6.07 Å². The van der Waals surface area contributed by atoms with Gasteiger partial charge in [0.25, 0.3) is 0 Å². The van der Waals surface area contributed by atoms with E-state index in [0.29, 0.717) is 5.56 Å². The van der Waals surface area contributed by atoms with E-state index < -0.39 is 29.6 Å². The second-order valence-corrected chi connectivity index (χ2v) is 4.75. The Labute approximate surface area is 113 Å². The average molecular weight is 292 g/mol. The maximum atomic E-state index is 13.7. The largest absolute Gasteiger partial charge is 0.493 e. The van der Waals surface area contributed by atoms with Gasteiger partial charge in [-0.25, -0.2) is 4.39 Å². The van der Waals surface area contributed by atoms with Gasteiger partial charge in [0.05, 0.1) is 18.1 Å². The second kappa shape index (κ2) is 5.30. The zero-order chi connectivity index (χ0) is 14.2. The van der Waals surface area contributed by atoms with Crippen molar-refractivity contribution in [1.29, 1.82) is 0 Å². The first-order chi connectivity index (χ1) is 8.95. The first kappa shape index (κ1) is 14.0. The first-order valence-electron chi connectivity index (χ1n) is 5.63. The van der Waals surface area contributed by atoms with Crippen molar-refractivity contribution in [3.8, 4) is 5.75 Å². The summed E-state index contributed by atoms with van der Waals surface area (Å²) in [6.45, 7) is 0.264. The molecule has 0 spiro atoms. The van der Waals surface area contributed by atoms with Gasteiger partial charge in [-0.1, -0.05) is 11.6 Å². The molecule has 1 saturated heterocycles. The van der Waals surface area contributed by atoms with Crippen molar-refractivity contribution in [1.82, 2.24) is 5.32 Å². The molecule has 2 N–H and O–H groups in total. The third-order valence-corrected chi connectivity index (χ3v) is 3.48. The molecule has 1 aliphatic heterocycles. The summed E-state index contributed by atoms with van der Waals surface area (Å²) < 4.78 is 31.9. The van der Waals surface area contributed by atoms with Crippen molar-refractivity contribution in [3.63, 3.8) is 0 Å². The molecule has 2 rings (SSSR count). The van der Waals surface area contributed by atoms with E-state index in [-0.39, 0.29) is 23.7 Å². The van der Waals surface area contributed by atoms with E-state index in [2.05, 4.69) is 5.32 Å². The zero-order valence-corrected chi connectivity index (χ0v) is 10.8. The molecule has 1 aliphatic rings. The number of ether oxygens (including phenoxy) is 1. The van der Waals surface area contributed by atoms with Crippen LogP contribution in [0.25, 0.3) is 0 Å². The van der Waals surface area contributed by atoms with Crippen LogP contribution in [-0.2, 0) is 4.79 Å². The van der Waals surface area contributed by atoms with Crippen LogP contribution in [0.3, 0.4) is 0 Å². The Hall–Kier alpha value is -1.40. The fourth-order valence-electron chi connectivity index (χ4n) is 2.22. The van der Waals surface area contributed by atoms with E-state index >= 15 is 0 Å². The van der Waals surface area contributed by atoms with Crippen molar-refractivity contribution in [2.24, 2.45) is 5.92 Å². The van der Waals surface area contributed by atoms with Gasteiger partial charge in [0.2, 0.25) is 5.82 Å². The Morgan fingerprint density at radius 1 is 1.53 bits per heavy atom. The van der Waals surface area contributed by atoms with Crippen molar-refractivity contribution in [3.05, 3.63) is 28.3 Å². The van der Waals surface area contributed by atoms with Crippen LogP contribution < -0.4 is 10.1 Å². The van der Waals surface area contributed by atoms with E-state index in [1.54, 1.807) is 0 Å². The number of carboxylic acids is 1. The number of nitrogens with one attached hydrogen (secondary N) is 1. The Bertz CT molecular complexity index is 524. The summed E-state index contributed by atoms with van der Waals surface area (Å²) in [5, 5.41) is 11.5. The molecule has 19 heavy (non-hydrogen) atoms. The normalized spacial score (nSPS) is 22.5. The summed E-state index contributed by atoms with van der Waals surface area (Å²) in [6, 6.07) is 0.837. The number of rotatable bonds is 3. The number of hydrogen-bond acceptors (Lipinski definition) is 3. The third-order valence-electron chi connectivity index (χ3n) is 3.21. The molecule has 4 nitrogen and oxygen atoms in total. The minimum atomic E-state index is -1.17. The molecule has 7 heteroatoms. The molecule has 1 heterocycles. The lowest BCUT2D eigenvalue weighted by atomic mass is 9.99. The topological polar surface area (TPSA) is 58.6 Å². The Balaban J connectivity index is 2.38. The van der Waals surface area contributed by atoms with Crippen LogP contribution in [0, 0.1) is 17.6 Å². The van der Waals surface area contributed by atoms with Crippen LogP contribution in [0.5, 0.6) is 5.75 Å². The van der Waals surface area contributed by atoms with Crippen LogP contribution >= 0.6 is 11.6 Å². The molecular weight excluding hydrogens is 280 g/mol. The third kappa shape index (κ3) is 2.50. The van der Waals surface area contributed by atoms with Gasteiger partial charge in [-0.2, -0.15) is 4.39 Å². The second-order valence-electron chi connectivity index (χ2n) is 4.34. The van der Waals surface area contributed by atoms with Gasteiger partial charge < -0.3 is 15.2 Å². The summed E-state index contributed by atoms with van der Waals surface area (Å²) in [5.74, 6) is -4.07. The van der Waals surface area contributed by atoms with Crippen LogP contribution in [0.2, 0.25) is 5.02 Å². The number of carbonyl (C=O) groups is 1. The quantitative estimate of drug-likeness (QED) is 0.840. The minimum Gasteiger partial charge on any atom is -0.493 e. The van der Waals surface area contributed by atoms with E-state index in [9.17, 15) is 13.6 Å². The van der Waals surface area contributed by atoms with Crippen LogP contribution in [0.1, 0.15) is 18.0 Å². The fourth-order valence-corrected chi connectivity index (χ4v) is 2.42. The number of carboxylic acid groups (broad SMARTS) is 1. The highest BCUT2D eigenvalue weighted by molar-refractivity contribution is 6.30. The SMILES string of the molecule is COc1c(C2CC(C(=O)O)CN2)cc(Cl)c(F)c1F. The van der Waals surface area contributed by atoms with Crippen LogP contribution in [0.4, 0.5) is 8.78 Å². The van der Waals surface area contributed by atoms with Gasteiger partial charge in [-0.05, 0) is 12.5 Å².